The predicted molar refractivity (Wildman–Crippen MR) is 81.1 cm³/mol. The van der Waals surface area contributed by atoms with Crippen LogP contribution < -0.4 is 10.6 Å². The van der Waals surface area contributed by atoms with Crippen molar-refractivity contribution < 1.29 is 4.79 Å². The van der Waals surface area contributed by atoms with Gasteiger partial charge < -0.3 is 10.6 Å². The average Bonchev–Trinajstić information content (AvgIpc) is 2.47. The second kappa shape index (κ2) is 6.39. The minimum Gasteiger partial charge on any atom is -0.373 e. The molecule has 1 unspecified atom stereocenters. The average molecular weight is 290 g/mol. The van der Waals surface area contributed by atoms with E-state index < -0.39 is 0 Å². The molecule has 0 aliphatic rings. The summed E-state index contributed by atoms with van der Waals surface area (Å²) < 4.78 is 0. The molecule has 1 heterocycles. The molecule has 1 amide bonds. The van der Waals surface area contributed by atoms with Gasteiger partial charge in [0.05, 0.1) is 6.04 Å². The first-order valence-electron chi connectivity index (χ1n) is 6.31. The molecule has 1 atom stereocenters. The van der Waals surface area contributed by atoms with Crippen molar-refractivity contribution >= 4 is 23.3 Å². The molecule has 0 aliphatic heterocycles. The Hall–Kier alpha value is -2.07. The van der Waals surface area contributed by atoms with Crippen LogP contribution in [0, 0.1) is 0 Å². The fourth-order valence-corrected chi connectivity index (χ4v) is 1.93. The predicted octanol–water partition coefficient (Wildman–Crippen LogP) is 3.27. The Morgan fingerprint density at radius 1 is 1.20 bits per heavy atom. The number of hydrogen-bond donors (Lipinski definition) is 2. The fourth-order valence-electron chi connectivity index (χ4n) is 1.81. The van der Waals surface area contributed by atoms with Crippen molar-refractivity contribution in [3.63, 3.8) is 0 Å². The maximum Gasteiger partial charge on any atom is 0.270 e. The van der Waals surface area contributed by atoms with Crippen molar-refractivity contribution in [2.45, 2.75) is 13.0 Å². The largest absolute Gasteiger partial charge is 0.373 e. The van der Waals surface area contributed by atoms with E-state index in [1.165, 1.54) is 0 Å². The van der Waals surface area contributed by atoms with E-state index in [0.29, 0.717) is 16.5 Å². The zero-order chi connectivity index (χ0) is 14.5. The molecule has 2 N–H and O–H groups in total. The lowest BCUT2D eigenvalue weighted by atomic mass is 10.1. The van der Waals surface area contributed by atoms with Gasteiger partial charge in [0.1, 0.15) is 11.5 Å². The molecular formula is C15H16ClN3O. The van der Waals surface area contributed by atoms with Crippen molar-refractivity contribution in [3.8, 4) is 0 Å². The van der Waals surface area contributed by atoms with Crippen LogP contribution in [0.3, 0.4) is 0 Å². The lowest BCUT2D eigenvalue weighted by Gasteiger charge is -2.14. The van der Waals surface area contributed by atoms with E-state index in [0.717, 1.165) is 5.56 Å². The Bertz CT molecular complexity index is 598. The molecule has 20 heavy (non-hydrogen) atoms. The Labute approximate surface area is 123 Å². The van der Waals surface area contributed by atoms with E-state index in [4.69, 9.17) is 11.6 Å². The highest BCUT2D eigenvalue weighted by Gasteiger charge is 2.12. The van der Waals surface area contributed by atoms with Crippen LogP contribution in [-0.4, -0.2) is 17.9 Å². The highest BCUT2D eigenvalue weighted by molar-refractivity contribution is 6.30. The van der Waals surface area contributed by atoms with Gasteiger partial charge in [0.15, 0.2) is 0 Å². The lowest BCUT2D eigenvalue weighted by Crippen LogP contribution is -2.27. The van der Waals surface area contributed by atoms with Crippen LogP contribution in [0.2, 0.25) is 5.02 Å². The van der Waals surface area contributed by atoms with Gasteiger partial charge in [-0.1, -0.05) is 29.8 Å². The third-order valence-corrected chi connectivity index (χ3v) is 3.21. The summed E-state index contributed by atoms with van der Waals surface area (Å²) in [7, 11) is 1.76. The number of carbonyl (C=O) groups is 1. The molecule has 0 radical (unpaired) electrons. The van der Waals surface area contributed by atoms with Crippen molar-refractivity contribution in [2.24, 2.45) is 0 Å². The van der Waals surface area contributed by atoms with E-state index in [1.807, 2.05) is 19.1 Å². The van der Waals surface area contributed by atoms with E-state index in [2.05, 4.69) is 15.6 Å². The molecule has 1 aromatic heterocycles. The highest BCUT2D eigenvalue weighted by Crippen LogP contribution is 2.16. The van der Waals surface area contributed by atoms with Gasteiger partial charge in [-0.3, -0.25) is 4.79 Å². The number of aromatic nitrogens is 1. The number of pyridine rings is 1. The summed E-state index contributed by atoms with van der Waals surface area (Å²) >= 11 is 5.85. The summed E-state index contributed by atoms with van der Waals surface area (Å²) in [6.07, 6.45) is 0. The van der Waals surface area contributed by atoms with Crippen LogP contribution in [0.1, 0.15) is 29.0 Å². The number of amides is 1. The van der Waals surface area contributed by atoms with E-state index in [-0.39, 0.29) is 11.9 Å². The summed E-state index contributed by atoms with van der Waals surface area (Å²) in [6, 6.07) is 12.6. The second-order valence-electron chi connectivity index (χ2n) is 4.40. The fraction of sp³-hybridized carbons (Fsp3) is 0.200. The summed E-state index contributed by atoms with van der Waals surface area (Å²) in [4.78, 5) is 16.3. The number of anilines is 1. The van der Waals surface area contributed by atoms with Gasteiger partial charge in [-0.25, -0.2) is 4.98 Å². The molecule has 0 spiro atoms. The zero-order valence-corrected chi connectivity index (χ0v) is 12.1. The third-order valence-electron chi connectivity index (χ3n) is 2.96. The first kappa shape index (κ1) is 14.3. The maximum absolute atomic E-state index is 12.1. The molecule has 0 saturated carbocycles. The summed E-state index contributed by atoms with van der Waals surface area (Å²) in [6.45, 7) is 1.92. The second-order valence-corrected chi connectivity index (χ2v) is 4.84. The Balaban J connectivity index is 2.08. The summed E-state index contributed by atoms with van der Waals surface area (Å²) in [5, 5.41) is 6.50. The summed E-state index contributed by atoms with van der Waals surface area (Å²) in [5.74, 6) is 0.460. The van der Waals surface area contributed by atoms with Gasteiger partial charge in [-0.2, -0.15) is 0 Å². The van der Waals surface area contributed by atoms with Gasteiger partial charge in [0.2, 0.25) is 0 Å². The number of hydrogen-bond acceptors (Lipinski definition) is 3. The highest BCUT2D eigenvalue weighted by atomic mass is 35.5. The number of halogens is 1. The molecule has 1 aromatic carbocycles. The molecule has 0 fully saturated rings. The molecular weight excluding hydrogens is 274 g/mol. The van der Waals surface area contributed by atoms with E-state index >= 15 is 0 Å². The van der Waals surface area contributed by atoms with Crippen molar-refractivity contribution in [1.29, 1.82) is 0 Å². The van der Waals surface area contributed by atoms with Crippen LogP contribution in [-0.2, 0) is 0 Å². The molecule has 0 bridgehead atoms. The standard InChI is InChI=1S/C15H16ClN3O/c1-10(11-6-8-12(16)9-7-11)18-15(20)13-4-3-5-14(17-2)19-13/h3-10H,1-2H3,(H,17,19)(H,18,20). The zero-order valence-electron chi connectivity index (χ0n) is 11.4. The number of nitrogens with zero attached hydrogens (tertiary/aromatic N) is 1. The maximum atomic E-state index is 12.1. The van der Waals surface area contributed by atoms with Gasteiger partial charge in [0.25, 0.3) is 5.91 Å². The normalized spacial score (nSPS) is 11.8. The Kier molecular flexibility index (Phi) is 4.58. The Morgan fingerprint density at radius 3 is 2.55 bits per heavy atom. The van der Waals surface area contributed by atoms with Crippen LogP contribution in [0.25, 0.3) is 0 Å². The molecule has 104 valence electrons. The monoisotopic (exact) mass is 289 g/mol. The van der Waals surface area contributed by atoms with Crippen molar-refractivity contribution in [3.05, 3.63) is 58.7 Å². The topological polar surface area (TPSA) is 54.0 Å². The number of nitrogens with one attached hydrogen (secondary N) is 2. The van der Waals surface area contributed by atoms with Gasteiger partial charge in [-0.05, 0) is 36.8 Å². The minimum atomic E-state index is -0.204. The first-order valence-corrected chi connectivity index (χ1v) is 6.69. The smallest absolute Gasteiger partial charge is 0.270 e. The minimum absolute atomic E-state index is 0.111. The number of rotatable bonds is 4. The molecule has 5 heteroatoms. The molecule has 0 aliphatic carbocycles. The molecule has 2 rings (SSSR count). The van der Waals surface area contributed by atoms with Crippen LogP contribution in [0.15, 0.2) is 42.5 Å². The Morgan fingerprint density at radius 2 is 1.90 bits per heavy atom. The third kappa shape index (κ3) is 3.48. The van der Waals surface area contributed by atoms with Gasteiger partial charge in [-0.15, -0.1) is 0 Å². The summed E-state index contributed by atoms with van der Waals surface area (Å²) in [5.41, 5.74) is 1.38. The molecule has 0 saturated heterocycles. The number of benzene rings is 1. The molecule has 4 nitrogen and oxygen atoms in total. The van der Waals surface area contributed by atoms with E-state index in [1.54, 1.807) is 37.4 Å². The molecule has 2 aromatic rings. The van der Waals surface area contributed by atoms with Crippen LogP contribution in [0.5, 0.6) is 0 Å². The first-order chi connectivity index (χ1) is 9.60. The van der Waals surface area contributed by atoms with Gasteiger partial charge >= 0.3 is 0 Å². The van der Waals surface area contributed by atoms with Crippen molar-refractivity contribution in [2.75, 3.05) is 12.4 Å². The number of carbonyl (C=O) groups excluding carboxylic acids is 1. The van der Waals surface area contributed by atoms with Crippen LogP contribution >= 0.6 is 11.6 Å². The van der Waals surface area contributed by atoms with E-state index in [9.17, 15) is 4.79 Å². The van der Waals surface area contributed by atoms with Crippen molar-refractivity contribution in [1.82, 2.24) is 10.3 Å². The van der Waals surface area contributed by atoms with Crippen LogP contribution in [0.4, 0.5) is 5.82 Å². The lowest BCUT2D eigenvalue weighted by molar-refractivity contribution is 0.0935. The quantitative estimate of drug-likeness (QED) is 0.908. The SMILES string of the molecule is CNc1cccc(C(=O)NC(C)c2ccc(Cl)cc2)n1. The van der Waals surface area contributed by atoms with Gasteiger partial charge in [0, 0.05) is 12.1 Å².